The number of carbonyl (C=O) groups is 1. The molecule has 1 heterocycles. The summed E-state index contributed by atoms with van der Waals surface area (Å²) in [4.78, 5) is 15.0. The summed E-state index contributed by atoms with van der Waals surface area (Å²) in [6.45, 7) is 1.99. The predicted molar refractivity (Wildman–Crippen MR) is 65.1 cm³/mol. The molecule has 0 saturated heterocycles. The van der Waals surface area contributed by atoms with Crippen molar-refractivity contribution in [3.8, 4) is 5.75 Å². The highest BCUT2D eigenvalue weighted by atomic mass is 19.1. The summed E-state index contributed by atoms with van der Waals surface area (Å²) in [5.74, 6) is -0.581. The lowest BCUT2D eigenvalue weighted by Crippen LogP contribution is -2.02. The number of halogens is 1. The van der Waals surface area contributed by atoms with Gasteiger partial charge in [0.15, 0.2) is 17.9 Å². The summed E-state index contributed by atoms with van der Waals surface area (Å²) >= 11 is 0. The van der Waals surface area contributed by atoms with Crippen LogP contribution in [0.25, 0.3) is 0 Å². The fourth-order valence-electron chi connectivity index (χ4n) is 1.60. The second-order valence-electron chi connectivity index (χ2n) is 3.84. The standard InChI is InChI=1S/C14H12FNO2/c1-10-4-2-6-12(16-10)9-18-14-11(8-17)5-3-7-13(14)15/h2-8H,9H2,1H3. The first-order chi connectivity index (χ1) is 8.70. The van der Waals surface area contributed by atoms with E-state index in [1.54, 1.807) is 6.07 Å². The lowest BCUT2D eigenvalue weighted by Gasteiger charge is -2.09. The number of benzene rings is 1. The number of aldehydes is 1. The molecule has 18 heavy (non-hydrogen) atoms. The Morgan fingerprint density at radius 3 is 2.78 bits per heavy atom. The number of ether oxygens (including phenoxy) is 1. The smallest absolute Gasteiger partial charge is 0.166 e. The molecule has 2 aromatic rings. The molecule has 0 unspecified atom stereocenters. The maximum atomic E-state index is 13.5. The molecule has 0 atom stereocenters. The Hall–Kier alpha value is -2.23. The molecule has 1 aromatic carbocycles. The van der Waals surface area contributed by atoms with Crippen LogP contribution in [0.5, 0.6) is 5.75 Å². The quantitative estimate of drug-likeness (QED) is 0.777. The molecular formula is C14H12FNO2. The Kier molecular flexibility index (Phi) is 3.67. The van der Waals surface area contributed by atoms with Crippen LogP contribution >= 0.6 is 0 Å². The normalized spacial score (nSPS) is 10.1. The van der Waals surface area contributed by atoms with E-state index in [-0.39, 0.29) is 17.9 Å². The van der Waals surface area contributed by atoms with Crippen LogP contribution in [0.4, 0.5) is 4.39 Å². The first kappa shape index (κ1) is 12.2. The van der Waals surface area contributed by atoms with Crippen molar-refractivity contribution >= 4 is 6.29 Å². The van der Waals surface area contributed by atoms with Gasteiger partial charge in [-0.15, -0.1) is 0 Å². The third-order valence-electron chi connectivity index (χ3n) is 2.43. The largest absolute Gasteiger partial charge is 0.483 e. The molecule has 0 radical (unpaired) electrons. The van der Waals surface area contributed by atoms with Gasteiger partial charge in [0.05, 0.1) is 11.3 Å². The van der Waals surface area contributed by atoms with Gasteiger partial charge in [0.25, 0.3) is 0 Å². The predicted octanol–water partition coefficient (Wildman–Crippen LogP) is 2.92. The van der Waals surface area contributed by atoms with Crippen molar-refractivity contribution in [2.75, 3.05) is 0 Å². The van der Waals surface area contributed by atoms with Gasteiger partial charge in [-0.2, -0.15) is 0 Å². The number of rotatable bonds is 4. The van der Waals surface area contributed by atoms with E-state index in [1.807, 2.05) is 19.1 Å². The molecule has 92 valence electrons. The Morgan fingerprint density at radius 2 is 2.06 bits per heavy atom. The maximum absolute atomic E-state index is 13.5. The summed E-state index contributed by atoms with van der Waals surface area (Å²) in [5.41, 5.74) is 1.75. The zero-order valence-corrected chi connectivity index (χ0v) is 9.89. The van der Waals surface area contributed by atoms with Gasteiger partial charge in [0.1, 0.15) is 6.61 Å². The summed E-state index contributed by atoms with van der Waals surface area (Å²) in [6.07, 6.45) is 0.572. The zero-order chi connectivity index (χ0) is 13.0. The van der Waals surface area contributed by atoms with Crippen LogP contribution < -0.4 is 4.74 Å². The molecule has 0 bridgehead atoms. The summed E-state index contributed by atoms with van der Waals surface area (Å²) in [6, 6.07) is 9.73. The van der Waals surface area contributed by atoms with Crippen LogP contribution in [-0.2, 0) is 6.61 Å². The number of aryl methyl sites for hydroxylation is 1. The fraction of sp³-hybridized carbons (Fsp3) is 0.143. The molecular weight excluding hydrogens is 233 g/mol. The monoisotopic (exact) mass is 245 g/mol. The molecule has 0 N–H and O–H groups in total. The van der Waals surface area contributed by atoms with Gasteiger partial charge in [-0.3, -0.25) is 9.78 Å². The van der Waals surface area contributed by atoms with Gasteiger partial charge in [-0.1, -0.05) is 12.1 Å². The molecule has 0 aliphatic rings. The summed E-state index contributed by atoms with van der Waals surface area (Å²) in [5, 5.41) is 0. The molecule has 0 spiro atoms. The maximum Gasteiger partial charge on any atom is 0.166 e. The Bertz CT molecular complexity index is 569. The van der Waals surface area contributed by atoms with E-state index in [2.05, 4.69) is 4.98 Å². The third-order valence-corrected chi connectivity index (χ3v) is 2.43. The van der Waals surface area contributed by atoms with E-state index in [1.165, 1.54) is 18.2 Å². The fourth-order valence-corrected chi connectivity index (χ4v) is 1.60. The minimum atomic E-state index is -0.549. The highest BCUT2D eigenvalue weighted by Gasteiger charge is 2.09. The average Bonchev–Trinajstić information content (AvgIpc) is 2.37. The zero-order valence-electron chi connectivity index (χ0n) is 9.89. The Morgan fingerprint density at radius 1 is 1.28 bits per heavy atom. The van der Waals surface area contributed by atoms with Crippen molar-refractivity contribution in [2.24, 2.45) is 0 Å². The van der Waals surface area contributed by atoms with Gasteiger partial charge >= 0.3 is 0 Å². The first-order valence-corrected chi connectivity index (χ1v) is 5.49. The molecule has 1 aromatic heterocycles. The highest BCUT2D eigenvalue weighted by molar-refractivity contribution is 5.79. The summed E-state index contributed by atoms with van der Waals surface area (Å²) < 4.78 is 18.8. The van der Waals surface area contributed by atoms with Crippen LogP contribution in [0, 0.1) is 12.7 Å². The number of carbonyl (C=O) groups excluding carboxylic acids is 1. The van der Waals surface area contributed by atoms with Gasteiger partial charge in [0, 0.05) is 5.69 Å². The molecule has 4 heteroatoms. The summed E-state index contributed by atoms with van der Waals surface area (Å²) in [7, 11) is 0. The highest BCUT2D eigenvalue weighted by Crippen LogP contribution is 2.22. The van der Waals surface area contributed by atoms with E-state index in [0.29, 0.717) is 12.0 Å². The van der Waals surface area contributed by atoms with Crippen LogP contribution in [0.1, 0.15) is 21.7 Å². The number of pyridine rings is 1. The molecule has 2 rings (SSSR count). The Labute approximate surface area is 104 Å². The topological polar surface area (TPSA) is 39.2 Å². The van der Waals surface area contributed by atoms with Crippen LogP contribution in [0.2, 0.25) is 0 Å². The molecule has 3 nitrogen and oxygen atoms in total. The average molecular weight is 245 g/mol. The molecule has 0 saturated carbocycles. The second-order valence-corrected chi connectivity index (χ2v) is 3.84. The molecule has 0 aliphatic heterocycles. The van der Waals surface area contributed by atoms with Crippen molar-refractivity contribution in [1.29, 1.82) is 0 Å². The lowest BCUT2D eigenvalue weighted by atomic mass is 10.2. The Balaban J connectivity index is 2.18. The second kappa shape index (κ2) is 5.40. The van der Waals surface area contributed by atoms with Gasteiger partial charge in [0.2, 0.25) is 0 Å². The molecule has 0 fully saturated rings. The van der Waals surface area contributed by atoms with Crippen molar-refractivity contribution in [1.82, 2.24) is 4.98 Å². The van der Waals surface area contributed by atoms with Crippen molar-refractivity contribution in [2.45, 2.75) is 13.5 Å². The van der Waals surface area contributed by atoms with E-state index in [9.17, 15) is 9.18 Å². The third kappa shape index (κ3) is 2.71. The van der Waals surface area contributed by atoms with Crippen LogP contribution in [0.3, 0.4) is 0 Å². The number of hydrogen-bond donors (Lipinski definition) is 0. The van der Waals surface area contributed by atoms with Crippen molar-refractivity contribution in [3.05, 3.63) is 59.2 Å². The van der Waals surface area contributed by atoms with E-state index >= 15 is 0 Å². The van der Waals surface area contributed by atoms with Crippen LogP contribution in [0.15, 0.2) is 36.4 Å². The molecule has 0 aliphatic carbocycles. The van der Waals surface area contributed by atoms with Crippen LogP contribution in [-0.4, -0.2) is 11.3 Å². The molecule has 0 amide bonds. The first-order valence-electron chi connectivity index (χ1n) is 5.49. The lowest BCUT2D eigenvalue weighted by molar-refractivity contribution is 0.111. The van der Waals surface area contributed by atoms with Gasteiger partial charge in [-0.05, 0) is 31.2 Å². The van der Waals surface area contributed by atoms with E-state index in [0.717, 1.165) is 5.69 Å². The van der Waals surface area contributed by atoms with Gasteiger partial charge < -0.3 is 4.74 Å². The van der Waals surface area contributed by atoms with E-state index in [4.69, 9.17) is 4.74 Å². The SMILES string of the molecule is Cc1cccc(COc2c(F)cccc2C=O)n1. The van der Waals surface area contributed by atoms with Crippen molar-refractivity contribution < 1.29 is 13.9 Å². The van der Waals surface area contributed by atoms with E-state index < -0.39 is 5.82 Å². The number of hydrogen-bond acceptors (Lipinski definition) is 3. The van der Waals surface area contributed by atoms with Gasteiger partial charge in [-0.25, -0.2) is 4.39 Å². The number of para-hydroxylation sites is 1. The number of aromatic nitrogens is 1. The minimum absolute atomic E-state index is 0.0317. The minimum Gasteiger partial charge on any atom is -0.483 e. The number of nitrogens with zero attached hydrogens (tertiary/aromatic N) is 1. The van der Waals surface area contributed by atoms with Crippen molar-refractivity contribution in [3.63, 3.8) is 0 Å².